The number of ether oxygens (including phenoxy) is 2. The largest absolute Gasteiger partial charge is 0.490 e. The number of amides is 2. The molecule has 2 rings (SSSR count). The summed E-state index contributed by atoms with van der Waals surface area (Å²) in [5.74, 6) is -0.468. The number of nitro groups is 1. The molecule has 0 fully saturated rings. The normalized spacial score (nSPS) is 11.4. The topological polar surface area (TPSA) is 111 Å². The van der Waals surface area contributed by atoms with E-state index in [0.29, 0.717) is 11.6 Å². The zero-order valence-electron chi connectivity index (χ0n) is 17.5. The molecule has 0 heterocycles. The van der Waals surface area contributed by atoms with Crippen LogP contribution in [0.3, 0.4) is 0 Å². The number of halogens is 1. The second-order valence-corrected chi connectivity index (χ2v) is 7.03. The van der Waals surface area contributed by atoms with Crippen molar-refractivity contribution < 1.29 is 24.0 Å². The molecule has 2 aromatic carbocycles. The van der Waals surface area contributed by atoms with Crippen molar-refractivity contribution in [2.45, 2.75) is 26.4 Å². The summed E-state index contributed by atoms with van der Waals surface area (Å²) in [4.78, 5) is 37.1. The second kappa shape index (κ2) is 11.2. The van der Waals surface area contributed by atoms with Gasteiger partial charge in [0.1, 0.15) is 11.8 Å². The van der Waals surface area contributed by atoms with E-state index in [4.69, 9.17) is 21.1 Å². The van der Waals surface area contributed by atoms with Crippen LogP contribution in [0.2, 0.25) is 5.02 Å². The SMILES string of the molecule is CCNC(=O)[C@@H](C)N(Cc1ccc(Cl)cc1)C(=O)COc1ccc([N+](=O)[O-])c(OC)c1. The minimum Gasteiger partial charge on any atom is -0.490 e. The first-order chi connectivity index (χ1) is 14.8. The van der Waals surface area contributed by atoms with Gasteiger partial charge in [-0.25, -0.2) is 0 Å². The summed E-state index contributed by atoms with van der Waals surface area (Å²) in [6.45, 7) is 3.68. The molecule has 31 heavy (non-hydrogen) atoms. The molecule has 0 unspecified atom stereocenters. The monoisotopic (exact) mass is 449 g/mol. The Morgan fingerprint density at radius 2 is 1.90 bits per heavy atom. The Labute approximate surface area is 185 Å². The number of carbonyl (C=O) groups excluding carboxylic acids is 2. The molecule has 166 valence electrons. The van der Waals surface area contributed by atoms with Crippen LogP contribution in [0.1, 0.15) is 19.4 Å². The van der Waals surface area contributed by atoms with Gasteiger partial charge in [0.2, 0.25) is 11.7 Å². The van der Waals surface area contributed by atoms with Crippen LogP contribution < -0.4 is 14.8 Å². The van der Waals surface area contributed by atoms with Gasteiger partial charge in [-0.3, -0.25) is 19.7 Å². The fourth-order valence-electron chi connectivity index (χ4n) is 2.82. The van der Waals surface area contributed by atoms with E-state index in [9.17, 15) is 19.7 Å². The van der Waals surface area contributed by atoms with Crippen LogP contribution in [0, 0.1) is 10.1 Å². The zero-order valence-corrected chi connectivity index (χ0v) is 18.2. The van der Waals surface area contributed by atoms with Crippen LogP contribution in [0.15, 0.2) is 42.5 Å². The number of methoxy groups -OCH3 is 1. The van der Waals surface area contributed by atoms with Crippen molar-refractivity contribution in [3.8, 4) is 11.5 Å². The number of benzene rings is 2. The second-order valence-electron chi connectivity index (χ2n) is 6.60. The highest BCUT2D eigenvalue weighted by molar-refractivity contribution is 6.30. The van der Waals surface area contributed by atoms with Gasteiger partial charge in [0.25, 0.3) is 5.91 Å². The predicted octanol–water partition coefficient (Wildman–Crippen LogP) is 3.19. The molecule has 10 heteroatoms. The van der Waals surface area contributed by atoms with Crippen LogP contribution >= 0.6 is 11.6 Å². The molecule has 1 N–H and O–H groups in total. The first-order valence-electron chi connectivity index (χ1n) is 9.53. The van der Waals surface area contributed by atoms with Gasteiger partial charge in [-0.05, 0) is 37.6 Å². The van der Waals surface area contributed by atoms with Gasteiger partial charge in [0.15, 0.2) is 6.61 Å². The number of nitro benzene ring substituents is 1. The predicted molar refractivity (Wildman–Crippen MR) is 115 cm³/mol. The highest BCUT2D eigenvalue weighted by atomic mass is 35.5. The van der Waals surface area contributed by atoms with Crippen molar-refractivity contribution in [2.24, 2.45) is 0 Å². The molecule has 0 radical (unpaired) electrons. The Bertz CT molecular complexity index is 935. The molecule has 0 spiro atoms. The first-order valence-corrected chi connectivity index (χ1v) is 9.91. The Kier molecular flexibility index (Phi) is 8.63. The summed E-state index contributed by atoms with van der Waals surface area (Å²) in [6.07, 6.45) is 0. The number of carbonyl (C=O) groups is 2. The van der Waals surface area contributed by atoms with E-state index in [1.807, 2.05) is 0 Å². The number of nitrogens with one attached hydrogen (secondary N) is 1. The Balaban J connectivity index is 2.17. The number of likely N-dealkylation sites (N-methyl/N-ethyl adjacent to an activating group) is 1. The third-order valence-electron chi connectivity index (χ3n) is 4.49. The molecule has 0 bridgehead atoms. The summed E-state index contributed by atoms with van der Waals surface area (Å²) in [5, 5.41) is 14.3. The maximum absolute atomic E-state index is 12.9. The van der Waals surface area contributed by atoms with E-state index in [2.05, 4.69) is 5.32 Å². The first kappa shape index (κ1) is 23.9. The van der Waals surface area contributed by atoms with Crippen molar-refractivity contribution in [3.05, 3.63) is 63.2 Å². The lowest BCUT2D eigenvalue weighted by Gasteiger charge is -2.28. The van der Waals surface area contributed by atoms with Crippen molar-refractivity contribution in [3.63, 3.8) is 0 Å². The highest BCUT2D eigenvalue weighted by Gasteiger charge is 2.26. The Morgan fingerprint density at radius 1 is 1.23 bits per heavy atom. The van der Waals surface area contributed by atoms with E-state index < -0.39 is 16.9 Å². The molecule has 0 saturated heterocycles. The van der Waals surface area contributed by atoms with Crippen molar-refractivity contribution in [2.75, 3.05) is 20.3 Å². The Morgan fingerprint density at radius 3 is 2.48 bits per heavy atom. The average molecular weight is 450 g/mol. The van der Waals surface area contributed by atoms with Gasteiger partial charge in [0, 0.05) is 30.2 Å². The number of hydrogen-bond donors (Lipinski definition) is 1. The smallest absolute Gasteiger partial charge is 0.311 e. The van der Waals surface area contributed by atoms with Crippen LogP contribution in [0.25, 0.3) is 0 Å². The van der Waals surface area contributed by atoms with Crippen molar-refractivity contribution in [1.29, 1.82) is 0 Å². The minimum absolute atomic E-state index is 0.0173. The van der Waals surface area contributed by atoms with Gasteiger partial charge >= 0.3 is 5.69 Å². The number of rotatable bonds is 10. The molecule has 0 aliphatic carbocycles. The lowest BCUT2D eigenvalue weighted by atomic mass is 10.1. The third-order valence-corrected chi connectivity index (χ3v) is 4.75. The van der Waals surface area contributed by atoms with Gasteiger partial charge in [-0.2, -0.15) is 0 Å². The zero-order chi connectivity index (χ0) is 23.0. The van der Waals surface area contributed by atoms with E-state index in [-0.39, 0.29) is 36.2 Å². The van der Waals surface area contributed by atoms with E-state index in [1.54, 1.807) is 38.1 Å². The molecular formula is C21H24ClN3O6. The maximum atomic E-state index is 12.9. The fourth-order valence-corrected chi connectivity index (χ4v) is 2.94. The van der Waals surface area contributed by atoms with Gasteiger partial charge in [-0.1, -0.05) is 23.7 Å². The van der Waals surface area contributed by atoms with E-state index in [0.717, 1.165) is 5.56 Å². The lowest BCUT2D eigenvalue weighted by molar-refractivity contribution is -0.385. The molecule has 0 aromatic heterocycles. The average Bonchev–Trinajstić information content (AvgIpc) is 2.76. The molecule has 1 atom stereocenters. The summed E-state index contributed by atoms with van der Waals surface area (Å²) in [6, 6.07) is 10.2. The van der Waals surface area contributed by atoms with Gasteiger partial charge in [0.05, 0.1) is 12.0 Å². The molecule has 0 saturated carbocycles. The van der Waals surface area contributed by atoms with Crippen LogP contribution in [0.4, 0.5) is 5.69 Å². The van der Waals surface area contributed by atoms with Crippen LogP contribution in [-0.4, -0.2) is 47.9 Å². The maximum Gasteiger partial charge on any atom is 0.311 e. The highest BCUT2D eigenvalue weighted by Crippen LogP contribution is 2.30. The number of hydrogen-bond acceptors (Lipinski definition) is 6. The molecule has 2 aromatic rings. The molecule has 9 nitrogen and oxygen atoms in total. The minimum atomic E-state index is -0.738. The van der Waals surface area contributed by atoms with Crippen molar-refractivity contribution >= 4 is 29.1 Å². The lowest BCUT2D eigenvalue weighted by Crippen LogP contribution is -2.49. The summed E-state index contributed by atoms with van der Waals surface area (Å²) < 4.78 is 10.5. The van der Waals surface area contributed by atoms with Crippen LogP contribution in [-0.2, 0) is 16.1 Å². The standard InChI is InChI=1S/C21H24ClN3O6/c1-4-23-21(27)14(2)24(12-15-5-7-16(22)8-6-15)20(26)13-31-17-9-10-18(25(28)29)19(11-17)30-3/h5-11,14H,4,12-13H2,1-3H3,(H,23,27)/t14-/m1/s1. The third kappa shape index (κ3) is 6.58. The molecular weight excluding hydrogens is 426 g/mol. The van der Waals surface area contributed by atoms with Crippen molar-refractivity contribution in [1.82, 2.24) is 10.2 Å². The Hall–Kier alpha value is -3.33. The molecule has 0 aliphatic heterocycles. The molecule has 0 aliphatic rings. The fraction of sp³-hybridized carbons (Fsp3) is 0.333. The molecule has 2 amide bonds. The van der Waals surface area contributed by atoms with Crippen LogP contribution in [0.5, 0.6) is 11.5 Å². The number of nitrogens with zero attached hydrogens (tertiary/aromatic N) is 2. The summed E-state index contributed by atoms with van der Waals surface area (Å²) >= 11 is 5.92. The van der Waals surface area contributed by atoms with E-state index >= 15 is 0 Å². The van der Waals surface area contributed by atoms with Gasteiger partial charge < -0.3 is 19.7 Å². The summed E-state index contributed by atoms with van der Waals surface area (Å²) in [5.41, 5.74) is 0.585. The quantitative estimate of drug-likeness (QED) is 0.440. The van der Waals surface area contributed by atoms with Gasteiger partial charge in [-0.15, -0.1) is 0 Å². The van der Waals surface area contributed by atoms with E-state index in [1.165, 1.54) is 30.2 Å². The summed E-state index contributed by atoms with van der Waals surface area (Å²) in [7, 11) is 1.30.